The van der Waals surface area contributed by atoms with Gasteiger partial charge in [0, 0.05) is 62.5 Å². The molecule has 2 unspecified atom stereocenters. The SMILES string of the molecule is CC(C)(C)NC(=O)[C@@H]1CN(Cc2cccnc2)CCN1C[C@@H](O)C[C@H](Cc1ccccc1)C(=O)N[C@H]1C2C=CC=CC2C[C@H]1O. The van der Waals surface area contributed by atoms with E-state index in [0.717, 1.165) is 17.7 Å². The van der Waals surface area contributed by atoms with Crippen LogP contribution in [0.5, 0.6) is 0 Å². The smallest absolute Gasteiger partial charge is 0.239 e. The van der Waals surface area contributed by atoms with Crippen LogP contribution in [0.15, 0.2) is 79.2 Å². The quantitative estimate of drug-likeness (QED) is 0.307. The van der Waals surface area contributed by atoms with E-state index in [4.69, 9.17) is 0 Å². The maximum absolute atomic E-state index is 13.8. The van der Waals surface area contributed by atoms with Gasteiger partial charge in [0.15, 0.2) is 0 Å². The summed E-state index contributed by atoms with van der Waals surface area (Å²) >= 11 is 0. The van der Waals surface area contributed by atoms with Gasteiger partial charge in [-0.25, -0.2) is 0 Å². The zero-order valence-corrected chi connectivity index (χ0v) is 26.8. The summed E-state index contributed by atoms with van der Waals surface area (Å²) in [7, 11) is 0. The van der Waals surface area contributed by atoms with Gasteiger partial charge in [-0.15, -0.1) is 0 Å². The molecule has 1 aliphatic heterocycles. The van der Waals surface area contributed by atoms with Crippen LogP contribution in [0.25, 0.3) is 0 Å². The number of β-amino-alcohol motifs (C(OH)–C–C–N with tert-alkyl or cyclic N) is 1. The van der Waals surface area contributed by atoms with Gasteiger partial charge in [0.25, 0.3) is 0 Å². The first-order valence-corrected chi connectivity index (χ1v) is 16.3. The van der Waals surface area contributed by atoms with Crippen LogP contribution in [-0.4, -0.2) is 92.8 Å². The average Bonchev–Trinajstić information content (AvgIpc) is 3.32. The Morgan fingerprint density at radius 3 is 2.53 bits per heavy atom. The van der Waals surface area contributed by atoms with Gasteiger partial charge in [-0.05, 0) is 63.1 Å². The lowest BCUT2D eigenvalue weighted by atomic mass is 9.88. The molecule has 4 N–H and O–H groups in total. The number of rotatable bonds is 11. The van der Waals surface area contributed by atoms with Crippen molar-refractivity contribution in [2.75, 3.05) is 26.2 Å². The third kappa shape index (κ3) is 9.10. The largest absolute Gasteiger partial charge is 0.392 e. The van der Waals surface area contributed by atoms with E-state index < -0.39 is 24.2 Å². The summed E-state index contributed by atoms with van der Waals surface area (Å²) in [6.07, 6.45) is 11.7. The molecular formula is C36H49N5O4. The zero-order chi connectivity index (χ0) is 32.0. The van der Waals surface area contributed by atoms with Crippen molar-refractivity contribution in [2.24, 2.45) is 17.8 Å². The molecule has 5 rings (SSSR count). The second-order valence-electron chi connectivity index (χ2n) is 14.0. The summed E-state index contributed by atoms with van der Waals surface area (Å²) in [4.78, 5) is 35.9. The molecule has 242 valence electrons. The molecule has 7 atom stereocenters. The maximum atomic E-state index is 13.8. The molecule has 0 spiro atoms. The van der Waals surface area contributed by atoms with Gasteiger partial charge in [-0.2, -0.15) is 0 Å². The highest BCUT2D eigenvalue weighted by atomic mass is 16.3. The lowest BCUT2D eigenvalue weighted by Gasteiger charge is -2.42. The minimum atomic E-state index is -0.821. The lowest BCUT2D eigenvalue weighted by Crippen LogP contribution is -2.62. The number of aromatic nitrogens is 1. The number of hydrogen-bond donors (Lipinski definition) is 4. The van der Waals surface area contributed by atoms with E-state index in [1.54, 1.807) is 6.20 Å². The minimum absolute atomic E-state index is 0.0568. The zero-order valence-electron chi connectivity index (χ0n) is 26.8. The van der Waals surface area contributed by atoms with Crippen LogP contribution in [0.4, 0.5) is 0 Å². The number of nitrogens with zero attached hydrogens (tertiary/aromatic N) is 3. The second-order valence-corrected chi connectivity index (χ2v) is 14.0. The molecule has 2 aliphatic carbocycles. The highest BCUT2D eigenvalue weighted by Gasteiger charge is 2.42. The third-order valence-electron chi connectivity index (χ3n) is 9.15. The van der Waals surface area contributed by atoms with E-state index in [9.17, 15) is 19.8 Å². The van der Waals surface area contributed by atoms with Crippen molar-refractivity contribution in [3.05, 3.63) is 90.3 Å². The van der Waals surface area contributed by atoms with Crippen LogP contribution in [0.2, 0.25) is 0 Å². The fourth-order valence-corrected chi connectivity index (χ4v) is 6.99. The van der Waals surface area contributed by atoms with Gasteiger partial charge in [-0.3, -0.25) is 24.4 Å². The number of fused-ring (bicyclic) bond motifs is 1. The summed E-state index contributed by atoms with van der Waals surface area (Å²) in [5, 5.41) is 28.6. The number of allylic oxidation sites excluding steroid dienone is 3. The Hall–Kier alpha value is -3.37. The number of benzene rings is 1. The molecular weight excluding hydrogens is 566 g/mol. The number of hydrogen-bond acceptors (Lipinski definition) is 7. The Morgan fingerprint density at radius 2 is 1.80 bits per heavy atom. The van der Waals surface area contributed by atoms with Crippen LogP contribution >= 0.6 is 0 Å². The van der Waals surface area contributed by atoms with E-state index >= 15 is 0 Å². The highest BCUT2D eigenvalue weighted by molar-refractivity contribution is 5.83. The van der Waals surface area contributed by atoms with E-state index in [-0.39, 0.29) is 48.2 Å². The molecule has 3 aliphatic rings. The van der Waals surface area contributed by atoms with Crippen molar-refractivity contribution < 1.29 is 19.8 Å². The predicted octanol–water partition coefficient (Wildman–Crippen LogP) is 2.70. The third-order valence-corrected chi connectivity index (χ3v) is 9.15. The van der Waals surface area contributed by atoms with E-state index in [1.807, 2.05) is 81.6 Å². The molecule has 1 saturated heterocycles. The van der Waals surface area contributed by atoms with Gasteiger partial charge in [-0.1, -0.05) is 60.7 Å². The molecule has 45 heavy (non-hydrogen) atoms. The summed E-state index contributed by atoms with van der Waals surface area (Å²) in [5.74, 6) is -0.453. The maximum Gasteiger partial charge on any atom is 0.239 e. The van der Waals surface area contributed by atoms with Crippen LogP contribution in [0.1, 0.15) is 44.7 Å². The number of carbonyl (C=O) groups excluding carboxylic acids is 2. The molecule has 1 aromatic carbocycles. The Bertz CT molecular complexity index is 1330. The van der Waals surface area contributed by atoms with E-state index in [0.29, 0.717) is 32.5 Å². The van der Waals surface area contributed by atoms with Crippen molar-refractivity contribution >= 4 is 11.8 Å². The van der Waals surface area contributed by atoms with Gasteiger partial charge >= 0.3 is 0 Å². The Balaban J connectivity index is 1.27. The van der Waals surface area contributed by atoms with Gasteiger partial charge in [0.2, 0.25) is 11.8 Å². The summed E-state index contributed by atoms with van der Waals surface area (Å²) in [6.45, 7) is 8.78. The Labute approximate surface area is 267 Å². The molecule has 1 aromatic heterocycles. The van der Waals surface area contributed by atoms with Crippen molar-refractivity contribution in [3.63, 3.8) is 0 Å². The number of nitrogens with one attached hydrogen (secondary N) is 2. The van der Waals surface area contributed by atoms with Crippen LogP contribution in [0, 0.1) is 17.8 Å². The Morgan fingerprint density at radius 1 is 1.04 bits per heavy atom. The topological polar surface area (TPSA) is 118 Å². The molecule has 1 saturated carbocycles. The second kappa shape index (κ2) is 14.8. The lowest BCUT2D eigenvalue weighted by molar-refractivity contribution is -0.132. The van der Waals surface area contributed by atoms with Crippen molar-refractivity contribution in [3.8, 4) is 0 Å². The van der Waals surface area contributed by atoms with Crippen LogP contribution in [0.3, 0.4) is 0 Å². The molecule has 2 aromatic rings. The average molecular weight is 616 g/mol. The molecule has 2 fully saturated rings. The molecule has 0 radical (unpaired) electrons. The number of aliphatic hydroxyl groups excluding tert-OH is 2. The number of aliphatic hydroxyl groups is 2. The minimum Gasteiger partial charge on any atom is -0.392 e. The Kier molecular flexibility index (Phi) is 10.9. The number of amides is 2. The fraction of sp³-hybridized carbons (Fsp3) is 0.528. The number of piperazine rings is 1. The molecule has 9 nitrogen and oxygen atoms in total. The van der Waals surface area contributed by atoms with Gasteiger partial charge in [0.1, 0.15) is 6.04 Å². The first kappa shape index (κ1) is 33.0. The highest BCUT2D eigenvalue weighted by Crippen LogP contribution is 2.36. The van der Waals surface area contributed by atoms with Crippen LogP contribution < -0.4 is 10.6 Å². The van der Waals surface area contributed by atoms with Crippen LogP contribution in [-0.2, 0) is 22.6 Å². The number of carbonyl (C=O) groups is 2. The summed E-state index contributed by atoms with van der Waals surface area (Å²) < 4.78 is 0. The summed E-state index contributed by atoms with van der Waals surface area (Å²) in [5.41, 5.74) is 1.72. The van der Waals surface area contributed by atoms with Crippen molar-refractivity contribution in [2.45, 2.75) is 76.4 Å². The van der Waals surface area contributed by atoms with E-state index in [1.165, 1.54) is 0 Å². The van der Waals surface area contributed by atoms with Crippen molar-refractivity contribution in [1.82, 2.24) is 25.4 Å². The predicted molar refractivity (Wildman–Crippen MR) is 175 cm³/mol. The molecule has 2 heterocycles. The molecule has 9 heteroatoms. The van der Waals surface area contributed by atoms with Gasteiger partial charge in [0.05, 0.1) is 18.2 Å². The van der Waals surface area contributed by atoms with E-state index in [2.05, 4.69) is 37.6 Å². The normalized spacial score (nSPS) is 26.6. The van der Waals surface area contributed by atoms with Gasteiger partial charge < -0.3 is 20.8 Å². The molecule has 0 bridgehead atoms. The molecule has 2 amide bonds. The first-order valence-electron chi connectivity index (χ1n) is 16.3. The monoisotopic (exact) mass is 615 g/mol. The standard InChI is InChI=1S/C36H49N5O4/c1-36(2,3)39-35(45)31-24-40(22-26-12-9-15-37-21-26)16-17-41(31)23-29(42)19-28(18-25-10-5-4-6-11-25)34(44)38-33-30-14-8-7-13-27(30)20-32(33)43/h4-15,21,27-33,42-43H,16-20,22-24H2,1-3H3,(H,38,44)(H,39,45)/t27?,28-,29-,30?,31-,32+,33-/m0/s1. The summed E-state index contributed by atoms with van der Waals surface area (Å²) in [6, 6.07) is 13.0. The van der Waals surface area contributed by atoms with Crippen molar-refractivity contribution in [1.29, 1.82) is 0 Å². The number of pyridine rings is 1. The first-order chi connectivity index (χ1) is 21.6. The fourth-order valence-electron chi connectivity index (χ4n) is 6.99.